The summed E-state index contributed by atoms with van der Waals surface area (Å²) in [6, 6.07) is -1.08. The van der Waals surface area contributed by atoms with Crippen molar-refractivity contribution in [1.29, 1.82) is 0 Å². The number of rotatable bonds is 7. The molecule has 0 aromatic carbocycles. The Labute approximate surface area is 105 Å². The molecule has 0 aliphatic carbocycles. The van der Waals surface area contributed by atoms with Crippen molar-refractivity contribution >= 4 is 24.1 Å². The van der Waals surface area contributed by atoms with E-state index in [9.17, 15) is 14.4 Å². The molecule has 0 saturated heterocycles. The van der Waals surface area contributed by atoms with Gasteiger partial charge < -0.3 is 21.1 Å². The zero-order valence-corrected chi connectivity index (χ0v) is 10.4. The highest BCUT2D eigenvalue weighted by Gasteiger charge is 2.18. The lowest BCUT2D eigenvalue weighted by Gasteiger charge is -2.13. The zero-order valence-electron chi connectivity index (χ0n) is 10.4. The van der Waals surface area contributed by atoms with E-state index in [1.54, 1.807) is 19.0 Å². The summed E-state index contributed by atoms with van der Waals surface area (Å²) in [5, 5.41) is 10.9. The standard InChI is InChI=1S/C10H18N4O4/c1-14(2)10(11)12-5-3-4-7(9(17)18)13-8(16)6-15/h6-7H,3-5H2,1-2H3,(H2,11,12)(H,13,16)(H,17,18)/t7-/m0/s1. The molecule has 1 amide bonds. The van der Waals surface area contributed by atoms with Gasteiger partial charge in [0.2, 0.25) is 6.29 Å². The Bertz CT molecular complexity index is 341. The van der Waals surface area contributed by atoms with E-state index in [2.05, 4.69) is 10.3 Å². The number of carbonyl (C=O) groups excluding carboxylic acids is 2. The highest BCUT2D eigenvalue weighted by molar-refractivity contribution is 6.24. The van der Waals surface area contributed by atoms with Gasteiger partial charge in [0.15, 0.2) is 5.96 Å². The summed E-state index contributed by atoms with van der Waals surface area (Å²) in [7, 11) is 3.48. The summed E-state index contributed by atoms with van der Waals surface area (Å²) in [6.07, 6.45) is 0.655. The molecule has 0 aliphatic heterocycles. The molecule has 0 saturated carbocycles. The first kappa shape index (κ1) is 15.9. The van der Waals surface area contributed by atoms with Crippen LogP contribution in [-0.2, 0) is 14.4 Å². The number of aliphatic carboxylic acids is 1. The fourth-order valence-corrected chi connectivity index (χ4v) is 1.09. The number of carboxylic acid groups (broad SMARTS) is 1. The number of guanidine groups is 1. The molecule has 0 rings (SSSR count). The van der Waals surface area contributed by atoms with Crippen LogP contribution in [0.3, 0.4) is 0 Å². The summed E-state index contributed by atoms with van der Waals surface area (Å²) in [5.41, 5.74) is 5.54. The predicted octanol–water partition coefficient (Wildman–Crippen LogP) is -1.59. The Morgan fingerprint density at radius 3 is 2.56 bits per heavy atom. The van der Waals surface area contributed by atoms with Gasteiger partial charge in [0.05, 0.1) is 0 Å². The quantitative estimate of drug-likeness (QED) is 0.166. The topological polar surface area (TPSA) is 125 Å². The Morgan fingerprint density at radius 2 is 2.11 bits per heavy atom. The number of hydrogen-bond donors (Lipinski definition) is 3. The first-order valence-electron chi connectivity index (χ1n) is 5.34. The number of aldehydes is 1. The third kappa shape index (κ3) is 6.46. The van der Waals surface area contributed by atoms with E-state index < -0.39 is 17.9 Å². The van der Waals surface area contributed by atoms with Crippen LogP contribution >= 0.6 is 0 Å². The minimum absolute atomic E-state index is 0.0398. The van der Waals surface area contributed by atoms with E-state index in [0.29, 0.717) is 18.9 Å². The number of nitrogens with one attached hydrogen (secondary N) is 1. The fraction of sp³-hybridized carbons (Fsp3) is 0.600. The molecule has 0 fully saturated rings. The second kappa shape index (κ2) is 8.04. The van der Waals surface area contributed by atoms with Crippen LogP contribution in [0.1, 0.15) is 12.8 Å². The van der Waals surface area contributed by atoms with Crippen LogP contribution in [0.2, 0.25) is 0 Å². The van der Waals surface area contributed by atoms with Crippen molar-refractivity contribution in [2.24, 2.45) is 10.7 Å². The van der Waals surface area contributed by atoms with Crippen LogP contribution in [-0.4, -0.2) is 60.8 Å². The summed E-state index contributed by atoms with van der Waals surface area (Å²) < 4.78 is 0. The molecule has 0 spiro atoms. The molecule has 0 radical (unpaired) electrons. The number of nitrogens with zero attached hydrogens (tertiary/aromatic N) is 2. The molecular formula is C10H18N4O4. The number of carbonyl (C=O) groups is 3. The maximum absolute atomic E-state index is 10.8. The molecule has 0 heterocycles. The van der Waals surface area contributed by atoms with Gasteiger partial charge in [-0.25, -0.2) is 4.79 Å². The number of hydrogen-bond acceptors (Lipinski definition) is 4. The second-order valence-electron chi connectivity index (χ2n) is 3.79. The van der Waals surface area contributed by atoms with Crippen molar-refractivity contribution in [2.75, 3.05) is 20.6 Å². The molecule has 18 heavy (non-hydrogen) atoms. The smallest absolute Gasteiger partial charge is 0.326 e. The molecule has 0 aromatic heterocycles. The lowest BCUT2D eigenvalue weighted by molar-refractivity contribution is -0.142. The Balaban J connectivity index is 4.13. The van der Waals surface area contributed by atoms with Crippen molar-refractivity contribution in [1.82, 2.24) is 10.2 Å². The average Bonchev–Trinajstić information content (AvgIpc) is 2.31. The van der Waals surface area contributed by atoms with Gasteiger partial charge in [-0.15, -0.1) is 0 Å². The van der Waals surface area contributed by atoms with E-state index in [1.807, 2.05) is 0 Å². The number of aliphatic imine (C=N–C) groups is 1. The van der Waals surface area contributed by atoms with Crippen molar-refractivity contribution in [2.45, 2.75) is 18.9 Å². The summed E-state index contributed by atoms with van der Waals surface area (Å²) in [5.74, 6) is -1.78. The van der Waals surface area contributed by atoms with E-state index in [0.717, 1.165) is 0 Å². The molecular weight excluding hydrogens is 240 g/mol. The monoisotopic (exact) mass is 258 g/mol. The van der Waals surface area contributed by atoms with Crippen molar-refractivity contribution in [3.05, 3.63) is 0 Å². The fourth-order valence-electron chi connectivity index (χ4n) is 1.09. The van der Waals surface area contributed by atoms with Crippen LogP contribution in [0.25, 0.3) is 0 Å². The maximum Gasteiger partial charge on any atom is 0.326 e. The molecule has 4 N–H and O–H groups in total. The Morgan fingerprint density at radius 1 is 1.50 bits per heavy atom. The molecule has 0 unspecified atom stereocenters. The number of carboxylic acids is 1. The van der Waals surface area contributed by atoms with Gasteiger partial charge >= 0.3 is 5.97 Å². The Kier molecular flexibility index (Phi) is 7.10. The molecule has 8 heteroatoms. The van der Waals surface area contributed by atoms with Crippen molar-refractivity contribution in [3.63, 3.8) is 0 Å². The van der Waals surface area contributed by atoms with Crippen molar-refractivity contribution < 1.29 is 19.5 Å². The van der Waals surface area contributed by atoms with Crippen LogP contribution in [0, 0.1) is 0 Å². The lowest BCUT2D eigenvalue weighted by atomic mass is 10.1. The molecule has 102 valence electrons. The van der Waals surface area contributed by atoms with E-state index >= 15 is 0 Å². The van der Waals surface area contributed by atoms with E-state index in [4.69, 9.17) is 10.8 Å². The zero-order chi connectivity index (χ0) is 14.1. The van der Waals surface area contributed by atoms with Gasteiger partial charge in [-0.05, 0) is 12.8 Å². The van der Waals surface area contributed by atoms with E-state index in [1.165, 1.54) is 0 Å². The van der Waals surface area contributed by atoms with Crippen LogP contribution < -0.4 is 11.1 Å². The highest BCUT2D eigenvalue weighted by Crippen LogP contribution is 1.98. The molecule has 0 bridgehead atoms. The van der Waals surface area contributed by atoms with Gasteiger partial charge in [0.1, 0.15) is 6.04 Å². The SMILES string of the molecule is CN(C)C(N)=NCCC[C@H](NC(=O)C=O)C(=O)O. The third-order valence-electron chi connectivity index (χ3n) is 2.10. The van der Waals surface area contributed by atoms with E-state index in [-0.39, 0.29) is 12.7 Å². The number of nitrogens with two attached hydrogens (primary N) is 1. The average molecular weight is 258 g/mol. The van der Waals surface area contributed by atoms with Gasteiger partial charge in [0.25, 0.3) is 5.91 Å². The van der Waals surface area contributed by atoms with Crippen LogP contribution in [0.15, 0.2) is 4.99 Å². The van der Waals surface area contributed by atoms with Gasteiger partial charge in [-0.1, -0.05) is 0 Å². The minimum Gasteiger partial charge on any atom is -0.480 e. The summed E-state index contributed by atoms with van der Waals surface area (Å²) in [6.45, 7) is 0.352. The third-order valence-corrected chi connectivity index (χ3v) is 2.10. The molecule has 8 nitrogen and oxygen atoms in total. The summed E-state index contributed by atoms with van der Waals surface area (Å²) >= 11 is 0. The largest absolute Gasteiger partial charge is 0.480 e. The highest BCUT2D eigenvalue weighted by atomic mass is 16.4. The first-order valence-corrected chi connectivity index (χ1v) is 5.34. The van der Waals surface area contributed by atoms with Crippen LogP contribution in [0.5, 0.6) is 0 Å². The lowest BCUT2D eigenvalue weighted by Crippen LogP contribution is -2.41. The van der Waals surface area contributed by atoms with Crippen LogP contribution in [0.4, 0.5) is 0 Å². The normalized spacial score (nSPS) is 12.7. The number of amides is 1. The van der Waals surface area contributed by atoms with Crippen molar-refractivity contribution in [3.8, 4) is 0 Å². The Hall–Kier alpha value is -2.12. The molecule has 0 aromatic rings. The summed E-state index contributed by atoms with van der Waals surface area (Å²) in [4.78, 5) is 37.3. The minimum atomic E-state index is -1.19. The first-order chi connectivity index (χ1) is 8.38. The molecule has 1 atom stereocenters. The maximum atomic E-state index is 10.8. The van der Waals surface area contributed by atoms with Gasteiger partial charge in [-0.3, -0.25) is 14.6 Å². The predicted molar refractivity (Wildman–Crippen MR) is 65.0 cm³/mol. The molecule has 0 aliphatic rings. The van der Waals surface area contributed by atoms with Gasteiger partial charge in [0, 0.05) is 20.6 Å². The van der Waals surface area contributed by atoms with Gasteiger partial charge in [-0.2, -0.15) is 0 Å². The second-order valence-corrected chi connectivity index (χ2v) is 3.79.